The van der Waals surface area contributed by atoms with Gasteiger partial charge >= 0.3 is 0 Å². The summed E-state index contributed by atoms with van der Waals surface area (Å²) in [5, 5.41) is 36.3. The van der Waals surface area contributed by atoms with Gasteiger partial charge in [0, 0.05) is 0 Å². The fourth-order valence-electron chi connectivity index (χ4n) is 1.42. The highest BCUT2D eigenvalue weighted by Gasteiger charge is 2.18. The van der Waals surface area contributed by atoms with Crippen LogP contribution in [0.1, 0.15) is 29.2 Å². The molecule has 82 valence electrons. The second-order valence-corrected chi connectivity index (χ2v) is 3.56. The van der Waals surface area contributed by atoms with Gasteiger partial charge in [-0.05, 0) is 24.1 Å². The molecular formula is C12H12N2O2. The summed E-state index contributed by atoms with van der Waals surface area (Å²) in [6.45, 7) is 1.76. The zero-order valence-electron chi connectivity index (χ0n) is 8.88. The molecule has 0 heterocycles. The maximum atomic E-state index is 9.72. The van der Waals surface area contributed by atoms with Gasteiger partial charge in [0.25, 0.3) is 0 Å². The monoisotopic (exact) mass is 216 g/mol. The van der Waals surface area contributed by atoms with Crippen molar-refractivity contribution in [3.63, 3.8) is 0 Å². The van der Waals surface area contributed by atoms with Crippen LogP contribution in [-0.2, 0) is 0 Å². The lowest BCUT2D eigenvalue weighted by Crippen LogP contribution is -2.17. The quantitative estimate of drug-likeness (QED) is 0.793. The molecule has 0 aliphatic heterocycles. The van der Waals surface area contributed by atoms with E-state index in [1.54, 1.807) is 31.2 Å². The molecule has 0 saturated heterocycles. The van der Waals surface area contributed by atoms with Crippen LogP contribution in [0.2, 0.25) is 0 Å². The van der Waals surface area contributed by atoms with Crippen molar-refractivity contribution in [3.05, 3.63) is 34.9 Å². The van der Waals surface area contributed by atoms with Crippen LogP contribution in [0.5, 0.6) is 0 Å². The molecule has 0 fully saturated rings. The first kappa shape index (κ1) is 12.2. The lowest BCUT2D eigenvalue weighted by atomic mass is 9.98. The van der Waals surface area contributed by atoms with Crippen molar-refractivity contribution < 1.29 is 10.2 Å². The number of benzene rings is 1. The number of nitrogens with zero attached hydrogens (tertiary/aromatic N) is 2. The number of aryl methyl sites for hydroxylation is 1. The van der Waals surface area contributed by atoms with E-state index in [4.69, 9.17) is 10.5 Å². The Hall–Kier alpha value is -1.88. The van der Waals surface area contributed by atoms with Crippen LogP contribution in [0.15, 0.2) is 18.2 Å². The van der Waals surface area contributed by atoms with Crippen LogP contribution < -0.4 is 0 Å². The molecule has 2 atom stereocenters. The van der Waals surface area contributed by atoms with Gasteiger partial charge in [-0.2, -0.15) is 10.5 Å². The number of nitriles is 2. The third-order valence-electron chi connectivity index (χ3n) is 2.38. The SMILES string of the molecule is Cc1cc(C(O)C(O)CC#N)ccc1C#N. The summed E-state index contributed by atoms with van der Waals surface area (Å²) >= 11 is 0. The van der Waals surface area contributed by atoms with Gasteiger partial charge in [-0.1, -0.05) is 12.1 Å². The van der Waals surface area contributed by atoms with Crippen LogP contribution in [0.3, 0.4) is 0 Å². The van der Waals surface area contributed by atoms with Gasteiger partial charge in [0.2, 0.25) is 0 Å². The average molecular weight is 216 g/mol. The molecule has 0 spiro atoms. The average Bonchev–Trinajstić information content (AvgIpc) is 2.28. The van der Waals surface area contributed by atoms with Crippen molar-refractivity contribution in [2.45, 2.75) is 25.6 Å². The van der Waals surface area contributed by atoms with Gasteiger partial charge < -0.3 is 10.2 Å². The Bertz CT molecular complexity index is 457. The Balaban J connectivity index is 2.94. The molecule has 0 aliphatic carbocycles. The first-order valence-electron chi connectivity index (χ1n) is 4.84. The van der Waals surface area contributed by atoms with E-state index in [1.807, 2.05) is 6.07 Å². The largest absolute Gasteiger partial charge is 0.389 e. The molecule has 2 unspecified atom stereocenters. The minimum atomic E-state index is -1.10. The summed E-state index contributed by atoms with van der Waals surface area (Å²) in [6.07, 6.45) is -2.32. The maximum absolute atomic E-state index is 9.72. The molecule has 0 amide bonds. The highest BCUT2D eigenvalue weighted by molar-refractivity contribution is 5.40. The number of hydrogen-bond acceptors (Lipinski definition) is 4. The maximum Gasteiger partial charge on any atom is 0.106 e. The minimum Gasteiger partial charge on any atom is -0.389 e. The molecule has 0 aromatic heterocycles. The summed E-state index contributed by atoms with van der Waals surface area (Å²) in [7, 11) is 0. The number of aliphatic hydroxyl groups excluding tert-OH is 2. The molecule has 1 aromatic rings. The van der Waals surface area contributed by atoms with Gasteiger partial charge in [0.15, 0.2) is 0 Å². The van der Waals surface area contributed by atoms with Gasteiger partial charge in [0.05, 0.1) is 30.2 Å². The first-order valence-corrected chi connectivity index (χ1v) is 4.84. The molecule has 4 nitrogen and oxygen atoms in total. The summed E-state index contributed by atoms with van der Waals surface area (Å²) in [5.41, 5.74) is 1.79. The molecule has 2 N–H and O–H groups in total. The van der Waals surface area contributed by atoms with E-state index in [2.05, 4.69) is 0 Å². The van der Waals surface area contributed by atoms with Crippen molar-refractivity contribution in [1.29, 1.82) is 10.5 Å². The van der Waals surface area contributed by atoms with E-state index in [9.17, 15) is 10.2 Å². The molecule has 0 saturated carbocycles. The zero-order valence-corrected chi connectivity index (χ0v) is 8.88. The highest BCUT2D eigenvalue weighted by atomic mass is 16.3. The third kappa shape index (κ3) is 2.58. The Kier molecular flexibility index (Phi) is 4.02. The summed E-state index contributed by atoms with van der Waals surface area (Å²) in [6, 6.07) is 8.63. The number of hydrogen-bond donors (Lipinski definition) is 2. The molecule has 4 heteroatoms. The van der Waals surface area contributed by atoms with Crippen molar-refractivity contribution in [2.75, 3.05) is 0 Å². The van der Waals surface area contributed by atoms with Crippen LogP contribution in [0.25, 0.3) is 0 Å². The Morgan fingerprint density at radius 1 is 1.31 bits per heavy atom. The van der Waals surface area contributed by atoms with E-state index in [0.29, 0.717) is 11.1 Å². The van der Waals surface area contributed by atoms with Crippen LogP contribution in [-0.4, -0.2) is 16.3 Å². The van der Waals surface area contributed by atoms with E-state index in [0.717, 1.165) is 5.56 Å². The fourth-order valence-corrected chi connectivity index (χ4v) is 1.42. The van der Waals surface area contributed by atoms with Crippen LogP contribution in [0, 0.1) is 29.6 Å². The van der Waals surface area contributed by atoms with E-state index in [1.165, 1.54) is 0 Å². The van der Waals surface area contributed by atoms with Gasteiger partial charge in [0.1, 0.15) is 6.10 Å². The highest BCUT2D eigenvalue weighted by Crippen LogP contribution is 2.21. The summed E-state index contributed by atoms with van der Waals surface area (Å²) in [4.78, 5) is 0. The normalized spacial score (nSPS) is 13.6. The lowest BCUT2D eigenvalue weighted by Gasteiger charge is -2.16. The molecule has 0 bridgehead atoms. The third-order valence-corrected chi connectivity index (χ3v) is 2.38. The number of aliphatic hydroxyl groups is 2. The standard InChI is InChI=1S/C12H12N2O2/c1-8-6-9(2-3-10(8)7-14)12(16)11(15)4-5-13/h2-3,6,11-12,15-16H,4H2,1H3. The first-order chi connectivity index (χ1) is 7.60. The summed E-state index contributed by atoms with van der Waals surface area (Å²) < 4.78 is 0. The minimum absolute atomic E-state index is 0.125. The molecule has 16 heavy (non-hydrogen) atoms. The van der Waals surface area contributed by atoms with Crippen LogP contribution in [0.4, 0.5) is 0 Å². The Morgan fingerprint density at radius 2 is 2.00 bits per heavy atom. The van der Waals surface area contributed by atoms with E-state index < -0.39 is 12.2 Å². The molecule has 0 radical (unpaired) electrons. The van der Waals surface area contributed by atoms with Crippen molar-refractivity contribution in [2.24, 2.45) is 0 Å². The predicted molar refractivity (Wildman–Crippen MR) is 57.1 cm³/mol. The fraction of sp³-hybridized carbons (Fsp3) is 0.333. The van der Waals surface area contributed by atoms with Gasteiger partial charge in [-0.3, -0.25) is 0 Å². The van der Waals surface area contributed by atoms with Crippen molar-refractivity contribution in [1.82, 2.24) is 0 Å². The predicted octanol–water partition coefficient (Wildman–Crippen LogP) is 1.17. The Morgan fingerprint density at radius 3 is 2.50 bits per heavy atom. The Labute approximate surface area is 94.0 Å². The molecular weight excluding hydrogens is 204 g/mol. The van der Waals surface area contributed by atoms with E-state index in [-0.39, 0.29) is 6.42 Å². The molecule has 1 rings (SSSR count). The van der Waals surface area contributed by atoms with Gasteiger partial charge in [-0.25, -0.2) is 0 Å². The zero-order chi connectivity index (χ0) is 12.1. The number of rotatable bonds is 3. The van der Waals surface area contributed by atoms with E-state index >= 15 is 0 Å². The topological polar surface area (TPSA) is 88.0 Å². The van der Waals surface area contributed by atoms with Crippen molar-refractivity contribution >= 4 is 0 Å². The molecule has 0 aliphatic rings. The lowest BCUT2D eigenvalue weighted by molar-refractivity contribution is 0.0216. The van der Waals surface area contributed by atoms with Gasteiger partial charge in [-0.15, -0.1) is 0 Å². The van der Waals surface area contributed by atoms with Crippen LogP contribution >= 0.6 is 0 Å². The van der Waals surface area contributed by atoms with Crippen molar-refractivity contribution in [3.8, 4) is 12.1 Å². The molecule has 1 aromatic carbocycles. The second-order valence-electron chi connectivity index (χ2n) is 3.56. The summed E-state index contributed by atoms with van der Waals surface area (Å²) in [5.74, 6) is 0. The smallest absolute Gasteiger partial charge is 0.106 e. The second kappa shape index (κ2) is 5.27.